The van der Waals surface area contributed by atoms with E-state index in [0.717, 1.165) is 35.4 Å². The van der Waals surface area contributed by atoms with Crippen molar-refractivity contribution in [3.8, 4) is 11.1 Å². The van der Waals surface area contributed by atoms with Gasteiger partial charge in [0.25, 0.3) is 5.91 Å². The Morgan fingerprint density at radius 3 is 2.88 bits per heavy atom. The average Bonchev–Trinajstić information content (AvgIpc) is 3.40. The van der Waals surface area contributed by atoms with Crippen molar-refractivity contribution in [3.05, 3.63) is 53.9 Å². The molecule has 3 aromatic rings. The highest BCUT2D eigenvalue weighted by Crippen LogP contribution is 2.37. The molecule has 0 saturated carbocycles. The van der Waals surface area contributed by atoms with Crippen LogP contribution in [0.2, 0.25) is 0 Å². The first kappa shape index (κ1) is 16.5. The topological polar surface area (TPSA) is 87.9 Å². The number of amides is 1. The van der Waals surface area contributed by atoms with Crippen LogP contribution in [0.1, 0.15) is 60.6 Å². The lowest BCUT2D eigenvalue weighted by molar-refractivity contribution is 0.0691. The number of aromatic amines is 1. The molecular formula is C19H21N5O2. The van der Waals surface area contributed by atoms with Crippen molar-refractivity contribution in [3.63, 3.8) is 0 Å². The number of likely N-dealkylation sites (tertiary alicyclic amines) is 1. The zero-order valence-electron chi connectivity index (χ0n) is 14.8. The first-order valence-corrected chi connectivity index (χ1v) is 8.86. The molecule has 0 aromatic carbocycles. The van der Waals surface area contributed by atoms with Crippen LogP contribution in [-0.2, 0) is 0 Å². The summed E-state index contributed by atoms with van der Waals surface area (Å²) in [5.41, 5.74) is 3.77. The smallest absolute Gasteiger partial charge is 0.293 e. The number of H-pyrrole nitrogens is 1. The second-order valence-corrected chi connectivity index (χ2v) is 6.86. The summed E-state index contributed by atoms with van der Waals surface area (Å²) in [6.45, 7) is 4.74. The molecule has 1 amide bonds. The van der Waals surface area contributed by atoms with E-state index >= 15 is 0 Å². The summed E-state index contributed by atoms with van der Waals surface area (Å²) in [6, 6.07) is 5.58. The monoisotopic (exact) mass is 351 g/mol. The fourth-order valence-corrected chi connectivity index (χ4v) is 3.42. The van der Waals surface area contributed by atoms with E-state index in [2.05, 4.69) is 20.3 Å². The molecule has 7 nitrogen and oxygen atoms in total. The lowest BCUT2D eigenvalue weighted by Crippen LogP contribution is -2.30. The van der Waals surface area contributed by atoms with Crippen molar-refractivity contribution in [2.24, 2.45) is 0 Å². The van der Waals surface area contributed by atoms with Crippen LogP contribution in [0.3, 0.4) is 0 Å². The van der Waals surface area contributed by atoms with Gasteiger partial charge in [0.05, 0.1) is 23.6 Å². The molecule has 3 aromatic heterocycles. The van der Waals surface area contributed by atoms with E-state index in [1.807, 2.05) is 30.9 Å². The van der Waals surface area contributed by atoms with Gasteiger partial charge in [-0.1, -0.05) is 19.0 Å². The predicted molar refractivity (Wildman–Crippen MR) is 95.4 cm³/mol. The van der Waals surface area contributed by atoms with Gasteiger partial charge in [-0.25, -0.2) is 0 Å². The number of pyridine rings is 1. The zero-order valence-corrected chi connectivity index (χ0v) is 14.8. The van der Waals surface area contributed by atoms with E-state index in [0.29, 0.717) is 12.3 Å². The molecule has 0 spiro atoms. The summed E-state index contributed by atoms with van der Waals surface area (Å²) in [7, 11) is 0. The molecule has 134 valence electrons. The minimum absolute atomic E-state index is 0.0548. The second kappa shape index (κ2) is 6.74. The van der Waals surface area contributed by atoms with Gasteiger partial charge >= 0.3 is 0 Å². The fourth-order valence-electron chi connectivity index (χ4n) is 3.42. The Kier molecular flexibility index (Phi) is 4.28. The van der Waals surface area contributed by atoms with Gasteiger partial charge in [0.1, 0.15) is 0 Å². The first-order chi connectivity index (χ1) is 12.6. The molecule has 4 rings (SSSR count). The Hall–Kier alpha value is -2.96. The largest absolute Gasteiger partial charge is 0.351 e. The Balaban J connectivity index is 1.63. The molecule has 0 radical (unpaired) electrons. The van der Waals surface area contributed by atoms with Crippen molar-refractivity contribution in [1.29, 1.82) is 0 Å². The maximum Gasteiger partial charge on any atom is 0.293 e. The van der Waals surface area contributed by atoms with Crippen LogP contribution in [0.25, 0.3) is 11.1 Å². The number of rotatable bonds is 4. The summed E-state index contributed by atoms with van der Waals surface area (Å²) in [4.78, 5) is 18.9. The normalized spacial score (nSPS) is 17.2. The van der Waals surface area contributed by atoms with Crippen molar-refractivity contribution in [2.45, 2.75) is 38.6 Å². The summed E-state index contributed by atoms with van der Waals surface area (Å²) in [5, 5.41) is 11.3. The number of hydrogen-bond acceptors (Lipinski definition) is 5. The summed E-state index contributed by atoms with van der Waals surface area (Å²) in [6.07, 6.45) is 7.14. The Morgan fingerprint density at radius 2 is 2.15 bits per heavy atom. The predicted octanol–water partition coefficient (Wildman–Crippen LogP) is 3.56. The van der Waals surface area contributed by atoms with E-state index in [1.165, 1.54) is 0 Å². The summed E-state index contributed by atoms with van der Waals surface area (Å²) >= 11 is 0. The van der Waals surface area contributed by atoms with Crippen molar-refractivity contribution < 1.29 is 9.32 Å². The van der Waals surface area contributed by atoms with Crippen LogP contribution in [0.5, 0.6) is 0 Å². The van der Waals surface area contributed by atoms with Crippen LogP contribution >= 0.6 is 0 Å². The summed E-state index contributed by atoms with van der Waals surface area (Å²) < 4.78 is 5.31. The highest BCUT2D eigenvalue weighted by molar-refractivity contribution is 5.92. The third-order valence-corrected chi connectivity index (χ3v) is 4.84. The maximum atomic E-state index is 13.0. The second-order valence-electron chi connectivity index (χ2n) is 6.86. The lowest BCUT2D eigenvalue weighted by atomic mass is 10.0. The minimum atomic E-state index is -0.123. The minimum Gasteiger partial charge on any atom is -0.351 e. The van der Waals surface area contributed by atoms with Crippen molar-refractivity contribution in [1.82, 2.24) is 25.2 Å². The lowest BCUT2D eigenvalue weighted by Gasteiger charge is -2.23. The maximum absolute atomic E-state index is 13.0. The van der Waals surface area contributed by atoms with Gasteiger partial charge in [0.15, 0.2) is 0 Å². The van der Waals surface area contributed by atoms with Crippen molar-refractivity contribution in [2.75, 3.05) is 6.54 Å². The van der Waals surface area contributed by atoms with Gasteiger partial charge in [-0.15, -0.1) is 0 Å². The molecule has 1 fully saturated rings. The van der Waals surface area contributed by atoms with Gasteiger partial charge in [0.2, 0.25) is 5.76 Å². The average molecular weight is 351 g/mol. The van der Waals surface area contributed by atoms with Gasteiger partial charge in [-0.05, 0) is 36.5 Å². The van der Waals surface area contributed by atoms with Gasteiger partial charge in [0, 0.05) is 30.6 Å². The molecule has 1 aliphatic rings. The van der Waals surface area contributed by atoms with E-state index < -0.39 is 0 Å². The Labute approximate surface area is 151 Å². The SMILES string of the molecule is CC(C)c1cc(C(=O)N2CCC[C@@H]2c2[nH]ncc2-c2ccncc2)on1. The molecule has 1 N–H and O–H groups in total. The molecular weight excluding hydrogens is 330 g/mol. The third kappa shape index (κ3) is 2.89. The zero-order chi connectivity index (χ0) is 18.1. The number of nitrogens with one attached hydrogen (secondary N) is 1. The van der Waals surface area contributed by atoms with E-state index in [9.17, 15) is 4.79 Å². The molecule has 0 aliphatic carbocycles. The van der Waals surface area contributed by atoms with Gasteiger partial charge in [-0.3, -0.25) is 14.9 Å². The van der Waals surface area contributed by atoms with E-state index in [-0.39, 0.29) is 17.9 Å². The number of carbonyl (C=O) groups is 1. The highest BCUT2D eigenvalue weighted by Gasteiger charge is 2.35. The molecule has 0 bridgehead atoms. The number of hydrogen-bond donors (Lipinski definition) is 1. The first-order valence-electron chi connectivity index (χ1n) is 8.86. The number of nitrogens with zero attached hydrogens (tertiary/aromatic N) is 4. The molecule has 1 atom stereocenters. The van der Waals surface area contributed by atoms with Crippen LogP contribution in [-0.4, -0.2) is 37.7 Å². The molecule has 4 heterocycles. The third-order valence-electron chi connectivity index (χ3n) is 4.84. The van der Waals surface area contributed by atoms with Crippen molar-refractivity contribution >= 4 is 5.91 Å². The van der Waals surface area contributed by atoms with Crippen LogP contribution in [0.4, 0.5) is 0 Å². The Morgan fingerprint density at radius 1 is 1.35 bits per heavy atom. The molecule has 0 unspecified atom stereocenters. The Bertz CT molecular complexity index is 900. The molecule has 1 aliphatic heterocycles. The molecule has 7 heteroatoms. The van der Waals surface area contributed by atoms with Crippen LogP contribution in [0.15, 0.2) is 41.3 Å². The van der Waals surface area contributed by atoms with E-state index in [1.54, 1.807) is 24.7 Å². The number of carbonyl (C=O) groups excluding carboxylic acids is 1. The van der Waals surface area contributed by atoms with Crippen LogP contribution in [0, 0.1) is 0 Å². The quantitative estimate of drug-likeness (QED) is 0.776. The molecule has 26 heavy (non-hydrogen) atoms. The van der Waals surface area contributed by atoms with Crippen LogP contribution < -0.4 is 0 Å². The standard InChI is InChI=1S/C19H21N5O2/c1-12(2)15-10-17(26-23-15)19(25)24-9-3-4-16(24)18-14(11-21-22-18)13-5-7-20-8-6-13/h5-8,10-12,16H,3-4,9H2,1-2H3,(H,21,22)/t16-/m1/s1. The fraction of sp³-hybridized carbons (Fsp3) is 0.368. The number of aromatic nitrogens is 4. The van der Waals surface area contributed by atoms with Gasteiger partial charge < -0.3 is 9.42 Å². The van der Waals surface area contributed by atoms with Gasteiger partial charge in [-0.2, -0.15) is 5.10 Å². The summed E-state index contributed by atoms with van der Waals surface area (Å²) in [5.74, 6) is 0.397. The molecule has 1 saturated heterocycles. The van der Waals surface area contributed by atoms with E-state index in [4.69, 9.17) is 4.52 Å². The highest BCUT2D eigenvalue weighted by atomic mass is 16.5.